The average molecular weight is 508 g/mol. The second-order valence-electron chi connectivity index (χ2n) is 7.38. The van der Waals surface area contributed by atoms with Crippen molar-refractivity contribution in [3.8, 4) is 17.0 Å². The zero-order valence-electron chi connectivity index (χ0n) is 18.4. The Hall–Kier alpha value is -3.13. The first kappa shape index (κ1) is 24.0. The summed E-state index contributed by atoms with van der Waals surface area (Å²) in [6, 6.07) is 23.2. The van der Waals surface area contributed by atoms with Gasteiger partial charge in [-0.1, -0.05) is 71.9 Å². The molecule has 0 saturated carbocycles. The number of hydrogen-bond donors (Lipinski definition) is 1. The molecule has 0 aliphatic carbocycles. The van der Waals surface area contributed by atoms with E-state index in [1.807, 2.05) is 66.0 Å². The van der Waals surface area contributed by atoms with Crippen molar-refractivity contribution in [2.75, 3.05) is 5.75 Å². The van der Waals surface area contributed by atoms with Crippen molar-refractivity contribution in [3.63, 3.8) is 0 Å². The molecule has 4 aromatic rings. The summed E-state index contributed by atoms with van der Waals surface area (Å²) in [5, 5.41) is 6.72. The lowest BCUT2D eigenvalue weighted by atomic mass is 10.1. The Labute approximate surface area is 211 Å². The minimum atomic E-state index is -0.198. The van der Waals surface area contributed by atoms with Crippen LogP contribution in [0.1, 0.15) is 16.7 Å². The van der Waals surface area contributed by atoms with Crippen molar-refractivity contribution in [1.29, 1.82) is 0 Å². The molecular formula is C26H22ClN3O2S2. The normalized spacial score (nSPS) is 11.0. The predicted molar refractivity (Wildman–Crippen MR) is 141 cm³/mol. The summed E-state index contributed by atoms with van der Waals surface area (Å²) in [5.74, 6) is 0.774. The van der Waals surface area contributed by atoms with Gasteiger partial charge in [-0.15, -0.1) is 11.3 Å². The number of nitrogens with zero attached hydrogens (tertiary/aromatic N) is 2. The standard InChI is InChI=1S/C26H22ClN3O2S2/c1-18-5-2-3-7-21(18)15-32-23-8-4-6-19(13-23)14-28-30-25(31)17-34-26-29-24(16-33-26)20-9-11-22(27)12-10-20/h2-14,16H,15,17H2,1H3,(H,30,31)/b28-14+. The lowest BCUT2D eigenvalue weighted by molar-refractivity contribution is -0.118. The van der Waals surface area contributed by atoms with Crippen LogP contribution < -0.4 is 10.2 Å². The number of thioether (sulfide) groups is 1. The largest absolute Gasteiger partial charge is 0.489 e. The van der Waals surface area contributed by atoms with Crippen molar-refractivity contribution in [3.05, 3.63) is 99.9 Å². The van der Waals surface area contributed by atoms with E-state index < -0.39 is 0 Å². The van der Waals surface area contributed by atoms with Gasteiger partial charge >= 0.3 is 0 Å². The molecule has 1 N–H and O–H groups in total. The zero-order valence-corrected chi connectivity index (χ0v) is 20.8. The molecule has 0 atom stereocenters. The van der Waals surface area contributed by atoms with Gasteiger partial charge in [0.05, 0.1) is 17.7 Å². The molecule has 0 spiro atoms. The number of rotatable bonds is 9. The number of amides is 1. The van der Waals surface area contributed by atoms with E-state index in [1.54, 1.807) is 6.21 Å². The Balaban J connectivity index is 1.24. The van der Waals surface area contributed by atoms with Crippen molar-refractivity contribution in [2.24, 2.45) is 5.10 Å². The fraction of sp³-hybridized carbons (Fsp3) is 0.115. The number of ether oxygens (including phenoxy) is 1. The molecule has 34 heavy (non-hydrogen) atoms. The summed E-state index contributed by atoms with van der Waals surface area (Å²) in [6.45, 7) is 2.56. The van der Waals surface area contributed by atoms with E-state index in [0.717, 1.165) is 32.5 Å². The molecule has 8 heteroatoms. The molecule has 0 radical (unpaired) electrons. The number of hydrogen-bond acceptors (Lipinski definition) is 6. The first-order chi connectivity index (χ1) is 16.6. The third-order valence-corrected chi connectivity index (χ3v) is 7.14. The number of halogens is 1. The van der Waals surface area contributed by atoms with Crippen LogP contribution in [0.3, 0.4) is 0 Å². The Kier molecular flexibility index (Phi) is 8.36. The lowest BCUT2D eigenvalue weighted by Crippen LogP contribution is -2.19. The summed E-state index contributed by atoms with van der Waals surface area (Å²) in [5.41, 5.74) is 7.60. The van der Waals surface area contributed by atoms with Crippen molar-refractivity contribution >= 4 is 46.8 Å². The quantitative estimate of drug-likeness (QED) is 0.157. The molecule has 0 saturated heterocycles. The molecule has 5 nitrogen and oxygen atoms in total. The molecule has 0 aliphatic rings. The topological polar surface area (TPSA) is 63.6 Å². The Morgan fingerprint density at radius 3 is 2.79 bits per heavy atom. The summed E-state index contributed by atoms with van der Waals surface area (Å²) >= 11 is 8.82. The highest BCUT2D eigenvalue weighted by atomic mass is 35.5. The first-order valence-electron chi connectivity index (χ1n) is 10.5. The zero-order chi connectivity index (χ0) is 23.8. The van der Waals surface area contributed by atoms with Crippen LogP contribution in [0, 0.1) is 6.92 Å². The number of carbonyl (C=O) groups excluding carboxylic acids is 1. The Bertz CT molecular complexity index is 1290. The minimum Gasteiger partial charge on any atom is -0.489 e. The summed E-state index contributed by atoms with van der Waals surface area (Å²) < 4.78 is 6.73. The van der Waals surface area contributed by atoms with E-state index in [-0.39, 0.29) is 11.7 Å². The molecule has 0 bridgehead atoms. The maximum atomic E-state index is 12.2. The maximum Gasteiger partial charge on any atom is 0.250 e. The van der Waals surface area contributed by atoms with Gasteiger partial charge in [-0.25, -0.2) is 10.4 Å². The van der Waals surface area contributed by atoms with Gasteiger partial charge in [0.1, 0.15) is 12.4 Å². The number of carbonyl (C=O) groups is 1. The maximum absolute atomic E-state index is 12.2. The van der Waals surface area contributed by atoms with Crippen molar-refractivity contribution in [2.45, 2.75) is 17.9 Å². The van der Waals surface area contributed by atoms with Crippen LogP contribution >= 0.6 is 34.7 Å². The van der Waals surface area contributed by atoms with Gasteiger partial charge in [-0.2, -0.15) is 5.10 Å². The Morgan fingerprint density at radius 2 is 1.97 bits per heavy atom. The number of hydrazone groups is 1. The van der Waals surface area contributed by atoms with Crippen LogP contribution in [-0.2, 0) is 11.4 Å². The second kappa shape index (κ2) is 11.8. The molecule has 1 aromatic heterocycles. The predicted octanol–water partition coefficient (Wildman–Crippen LogP) is 6.59. The van der Waals surface area contributed by atoms with E-state index in [2.05, 4.69) is 34.6 Å². The molecule has 3 aromatic carbocycles. The number of benzene rings is 3. The van der Waals surface area contributed by atoms with Crippen molar-refractivity contribution in [1.82, 2.24) is 10.4 Å². The molecule has 4 rings (SSSR count). The van der Waals surface area contributed by atoms with Gasteiger partial charge in [-0.3, -0.25) is 4.79 Å². The number of nitrogens with one attached hydrogen (secondary N) is 1. The molecule has 0 fully saturated rings. The molecule has 1 heterocycles. The summed E-state index contributed by atoms with van der Waals surface area (Å²) in [6.07, 6.45) is 1.60. The first-order valence-corrected chi connectivity index (χ1v) is 12.7. The van der Waals surface area contributed by atoms with Crippen LogP contribution in [0.4, 0.5) is 0 Å². The molecule has 0 aliphatic heterocycles. The highest BCUT2D eigenvalue weighted by Crippen LogP contribution is 2.28. The highest BCUT2D eigenvalue weighted by Gasteiger charge is 2.08. The van der Waals surface area contributed by atoms with Crippen molar-refractivity contribution < 1.29 is 9.53 Å². The second-order valence-corrected chi connectivity index (χ2v) is 9.89. The fourth-order valence-corrected chi connectivity index (χ4v) is 4.79. The molecule has 0 unspecified atom stereocenters. The highest BCUT2D eigenvalue weighted by molar-refractivity contribution is 8.01. The van der Waals surface area contributed by atoms with Crippen LogP contribution in [0.2, 0.25) is 5.02 Å². The van der Waals surface area contributed by atoms with Crippen LogP contribution in [-0.4, -0.2) is 22.9 Å². The Morgan fingerprint density at radius 1 is 1.15 bits per heavy atom. The van der Waals surface area contributed by atoms with Crippen LogP contribution in [0.15, 0.2) is 87.6 Å². The fourth-order valence-electron chi connectivity index (χ4n) is 3.03. The van der Waals surface area contributed by atoms with E-state index in [9.17, 15) is 4.79 Å². The van der Waals surface area contributed by atoms with E-state index >= 15 is 0 Å². The van der Waals surface area contributed by atoms with Gasteiger partial charge < -0.3 is 4.74 Å². The van der Waals surface area contributed by atoms with Gasteiger partial charge in [0, 0.05) is 16.0 Å². The van der Waals surface area contributed by atoms with Gasteiger partial charge in [0.25, 0.3) is 5.91 Å². The number of thiazole rings is 1. The van der Waals surface area contributed by atoms with E-state index in [4.69, 9.17) is 16.3 Å². The molecule has 172 valence electrons. The third kappa shape index (κ3) is 6.93. The average Bonchev–Trinajstić information content (AvgIpc) is 3.32. The minimum absolute atomic E-state index is 0.198. The number of aryl methyl sites for hydroxylation is 1. The summed E-state index contributed by atoms with van der Waals surface area (Å²) in [4.78, 5) is 16.7. The lowest BCUT2D eigenvalue weighted by Gasteiger charge is -2.09. The smallest absolute Gasteiger partial charge is 0.250 e. The van der Waals surface area contributed by atoms with E-state index in [0.29, 0.717) is 11.6 Å². The van der Waals surface area contributed by atoms with E-state index in [1.165, 1.54) is 28.7 Å². The van der Waals surface area contributed by atoms with Gasteiger partial charge in [-0.05, 0) is 47.9 Å². The summed E-state index contributed by atoms with van der Waals surface area (Å²) in [7, 11) is 0. The van der Waals surface area contributed by atoms with Crippen LogP contribution in [0.25, 0.3) is 11.3 Å². The molecular weight excluding hydrogens is 486 g/mol. The SMILES string of the molecule is Cc1ccccc1COc1cccc(/C=N/NC(=O)CSc2nc(-c3ccc(Cl)cc3)cs2)c1. The van der Waals surface area contributed by atoms with Gasteiger partial charge in [0.2, 0.25) is 0 Å². The van der Waals surface area contributed by atoms with Gasteiger partial charge in [0.15, 0.2) is 4.34 Å². The van der Waals surface area contributed by atoms with Crippen LogP contribution in [0.5, 0.6) is 5.75 Å². The number of aromatic nitrogens is 1. The molecule has 1 amide bonds. The monoisotopic (exact) mass is 507 g/mol. The third-order valence-electron chi connectivity index (χ3n) is 4.87.